The molecule has 1 N–H and O–H groups in total. The second-order valence-electron chi connectivity index (χ2n) is 7.36. The molecule has 0 radical (unpaired) electrons. The van der Waals surface area contributed by atoms with Gasteiger partial charge in [-0.3, -0.25) is 9.10 Å². The molecule has 0 aliphatic heterocycles. The Hall–Kier alpha value is -1.99. The van der Waals surface area contributed by atoms with Gasteiger partial charge in [0.05, 0.1) is 11.9 Å². The largest absolute Gasteiger partial charge is 0.353 e. The Morgan fingerprint density at radius 2 is 1.79 bits per heavy atom. The Morgan fingerprint density at radius 1 is 1.10 bits per heavy atom. The van der Waals surface area contributed by atoms with Crippen molar-refractivity contribution in [2.45, 2.75) is 39.5 Å². The minimum absolute atomic E-state index is 0.299. The quantitative estimate of drug-likeness (QED) is 0.610. The summed E-state index contributed by atoms with van der Waals surface area (Å²) in [6.45, 7) is 7.93. The topological polar surface area (TPSA) is 66.5 Å². The highest BCUT2D eigenvalue weighted by molar-refractivity contribution is 7.98. The van der Waals surface area contributed by atoms with E-state index >= 15 is 0 Å². The van der Waals surface area contributed by atoms with Crippen molar-refractivity contribution in [1.82, 2.24) is 5.32 Å². The number of hydrogen-bond donors (Lipinski definition) is 1. The van der Waals surface area contributed by atoms with Gasteiger partial charge in [-0.1, -0.05) is 42.0 Å². The van der Waals surface area contributed by atoms with Crippen molar-refractivity contribution in [2.24, 2.45) is 0 Å². The van der Waals surface area contributed by atoms with E-state index in [1.165, 1.54) is 15.4 Å². The van der Waals surface area contributed by atoms with Crippen LogP contribution in [0.25, 0.3) is 0 Å². The molecule has 0 spiro atoms. The average Bonchev–Trinajstić information content (AvgIpc) is 2.63. The lowest BCUT2D eigenvalue weighted by Crippen LogP contribution is -2.48. The number of benzene rings is 2. The summed E-state index contributed by atoms with van der Waals surface area (Å²) in [5.41, 5.74) is 4.79. The first-order valence-corrected chi connectivity index (χ1v) is 12.6. The molecule has 0 saturated carbocycles. The molecule has 0 unspecified atom stereocenters. The highest BCUT2D eigenvalue weighted by atomic mass is 32.2. The summed E-state index contributed by atoms with van der Waals surface area (Å²) < 4.78 is 26.1. The van der Waals surface area contributed by atoms with Gasteiger partial charge in [-0.2, -0.15) is 11.8 Å². The average molecular weight is 435 g/mol. The van der Waals surface area contributed by atoms with Crippen LogP contribution in [-0.4, -0.2) is 38.9 Å². The lowest BCUT2D eigenvalue weighted by Gasteiger charge is -2.29. The molecule has 7 heteroatoms. The molecule has 0 heterocycles. The molecule has 0 aliphatic carbocycles. The highest BCUT2D eigenvalue weighted by Gasteiger charge is 2.30. The molecule has 1 atom stereocenters. The van der Waals surface area contributed by atoms with Gasteiger partial charge in [-0.25, -0.2) is 8.42 Å². The molecule has 0 aromatic heterocycles. The smallest absolute Gasteiger partial charge is 0.243 e. The van der Waals surface area contributed by atoms with Crippen molar-refractivity contribution >= 4 is 33.4 Å². The van der Waals surface area contributed by atoms with Crippen molar-refractivity contribution in [3.63, 3.8) is 0 Å². The van der Waals surface area contributed by atoms with Gasteiger partial charge in [0.15, 0.2) is 0 Å². The second-order valence-corrected chi connectivity index (χ2v) is 10.3. The van der Waals surface area contributed by atoms with Gasteiger partial charge in [-0.05, 0) is 50.5 Å². The Labute approximate surface area is 178 Å². The van der Waals surface area contributed by atoms with E-state index in [4.69, 9.17) is 0 Å². The fourth-order valence-corrected chi connectivity index (χ4v) is 5.15. The molecule has 2 aromatic rings. The SMILES string of the molecule is Cc1cccc(CSCCNC(=O)[C@@H](C)N(c2cc(C)ccc2C)S(C)(=O)=O)c1. The fourth-order valence-electron chi connectivity index (χ4n) is 3.12. The predicted octanol–water partition coefficient (Wildman–Crippen LogP) is 3.82. The van der Waals surface area contributed by atoms with Crippen LogP contribution in [0.2, 0.25) is 0 Å². The van der Waals surface area contributed by atoms with Crippen molar-refractivity contribution in [1.29, 1.82) is 0 Å². The summed E-state index contributed by atoms with van der Waals surface area (Å²) in [4.78, 5) is 12.7. The van der Waals surface area contributed by atoms with Crippen LogP contribution >= 0.6 is 11.8 Å². The Bertz CT molecular complexity index is 958. The van der Waals surface area contributed by atoms with Gasteiger partial charge in [-0.15, -0.1) is 0 Å². The molecular weight excluding hydrogens is 404 g/mol. The standard InChI is InChI=1S/C22H30N2O3S2/c1-16-7-6-8-20(13-16)15-28-12-11-23-22(25)19(4)24(29(5,26)27)21-14-17(2)9-10-18(21)3/h6-10,13-14,19H,11-12,15H2,1-5H3,(H,23,25)/t19-/m1/s1. The number of nitrogens with one attached hydrogen (secondary N) is 1. The highest BCUT2D eigenvalue weighted by Crippen LogP contribution is 2.26. The zero-order chi connectivity index (χ0) is 21.6. The number of hydrogen-bond acceptors (Lipinski definition) is 4. The van der Waals surface area contributed by atoms with Crippen LogP contribution in [-0.2, 0) is 20.6 Å². The van der Waals surface area contributed by atoms with Crippen LogP contribution in [0.1, 0.15) is 29.2 Å². The van der Waals surface area contributed by atoms with Gasteiger partial charge in [0.25, 0.3) is 0 Å². The predicted molar refractivity (Wildman–Crippen MR) is 123 cm³/mol. The van der Waals surface area contributed by atoms with Crippen LogP contribution in [0.4, 0.5) is 5.69 Å². The molecule has 0 fully saturated rings. The first kappa shape index (κ1) is 23.3. The molecule has 1 amide bonds. The molecule has 5 nitrogen and oxygen atoms in total. The second kappa shape index (κ2) is 10.2. The van der Waals surface area contributed by atoms with E-state index in [-0.39, 0.29) is 5.91 Å². The molecule has 29 heavy (non-hydrogen) atoms. The number of anilines is 1. The molecular formula is C22H30N2O3S2. The molecule has 2 aromatic carbocycles. The number of aryl methyl sites for hydroxylation is 3. The van der Waals surface area contributed by atoms with E-state index in [0.29, 0.717) is 12.2 Å². The molecule has 0 saturated heterocycles. The van der Waals surface area contributed by atoms with Crippen molar-refractivity contribution < 1.29 is 13.2 Å². The van der Waals surface area contributed by atoms with Gasteiger partial charge in [0, 0.05) is 18.1 Å². The first-order chi connectivity index (χ1) is 13.6. The van der Waals surface area contributed by atoms with Crippen LogP contribution in [0.15, 0.2) is 42.5 Å². The normalized spacial score (nSPS) is 12.4. The number of sulfonamides is 1. The summed E-state index contributed by atoms with van der Waals surface area (Å²) in [5.74, 6) is 1.34. The van der Waals surface area contributed by atoms with E-state index in [0.717, 1.165) is 28.9 Å². The third-order valence-corrected chi connectivity index (χ3v) is 6.85. The van der Waals surface area contributed by atoms with Crippen molar-refractivity contribution in [3.8, 4) is 0 Å². The molecule has 0 bridgehead atoms. The number of thioether (sulfide) groups is 1. The van der Waals surface area contributed by atoms with Gasteiger partial charge in [0.1, 0.15) is 6.04 Å². The fraction of sp³-hybridized carbons (Fsp3) is 0.409. The van der Waals surface area contributed by atoms with Crippen molar-refractivity contribution in [3.05, 3.63) is 64.7 Å². The third-order valence-electron chi connectivity index (χ3n) is 4.59. The van der Waals surface area contributed by atoms with Crippen LogP contribution in [0.3, 0.4) is 0 Å². The van der Waals surface area contributed by atoms with Crippen molar-refractivity contribution in [2.75, 3.05) is 22.9 Å². The zero-order valence-corrected chi connectivity index (χ0v) is 19.4. The van der Waals surface area contributed by atoms with E-state index in [2.05, 4.69) is 30.4 Å². The van der Waals surface area contributed by atoms with E-state index in [1.807, 2.05) is 32.0 Å². The number of rotatable bonds is 9. The number of amides is 1. The Kier molecular flexibility index (Phi) is 8.16. The first-order valence-electron chi connectivity index (χ1n) is 9.57. The maximum atomic E-state index is 12.7. The minimum atomic E-state index is -3.61. The molecule has 0 aliphatic rings. The lowest BCUT2D eigenvalue weighted by molar-refractivity contribution is -0.121. The minimum Gasteiger partial charge on any atom is -0.353 e. The summed E-state index contributed by atoms with van der Waals surface area (Å²) >= 11 is 1.74. The van der Waals surface area contributed by atoms with Gasteiger partial charge < -0.3 is 5.32 Å². The lowest BCUT2D eigenvalue weighted by atomic mass is 10.1. The van der Waals surface area contributed by atoms with Crippen LogP contribution in [0, 0.1) is 20.8 Å². The number of carbonyl (C=O) groups is 1. The van der Waals surface area contributed by atoms with Gasteiger partial charge in [0.2, 0.25) is 15.9 Å². The Morgan fingerprint density at radius 3 is 2.45 bits per heavy atom. The maximum absolute atomic E-state index is 12.7. The maximum Gasteiger partial charge on any atom is 0.243 e. The monoisotopic (exact) mass is 434 g/mol. The third kappa shape index (κ3) is 6.78. The summed E-state index contributed by atoms with van der Waals surface area (Å²) in [6.07, 6.45) is 1.14. The number of nitrogens with zero attached hydrogens (tertiary/aromatic N) is 1. The summed E-state index contributed by atoms with van der Waals surface area (Å²) in [7, 11) is -3.61. The molecule has 158 valence electrons. The van der Waals surface area contributed by atoms with Gasteiger partial charge >= 0.3 is 0 Å². The zero-order valence-electron chi connectivity index (χ0n) is 17.7. The summed E-state index contributed by atoms with van der Waals surface area (Å²) in [5, 5.41) is 2.87. The Balaban J connectivity index is 1.96. The van der Waals surface area contributed by atoms with Crippen LogP contribution in [0.5, 0.6) is 0 Å². The van der Waals surface area contributed by atoms with E-state index in [1.54, 1.807) is 24.8 Å². The number of carbonyl (C=O) groups excluding carboxylic acids is 1. The summed E-state index contributed by atoms with van der Waals surface area (Å²) in [6, 6.07) is 13.1. The molecule has 2 rings (SSSR count). The van der Waals surface area contributed by atoms with Crippen LogP contribution < -0.4 is 9.62 Å². The van der Waals surface area contributed by atoms with E-state index in [9.17, 15) is 13.2 Å². The van der Waals surface area contributed by atoms with E-state index < -0.39 is 16.1 Å².